The van der Waals surface area contributed by atoms with Crippen LogP contribution in [0.15, 0.2) is 0 Å². The van der Waals surface area contributed by atoms with Crippen molar-refractivity contribution in [1.29, 1.82) is 0 Å². The van der Waals surface area contributed by atoms with E-state index < -0.39 is 18.0 Å². The number of nitrogens with one attached hydrogen (secondary N) is 1. The highest BCUT2D eigenvalue weighted by molar-refractivity contribution is 5.83. The number of hydrogen-bond donors (Lipinski definition) is 2. The monoisotopic (exact) mass is 268 g/mol. The van der Waals surface area contributed by atoms with Crippen molar-refractivity contribution in [2.45, 2.75) is 38.4 Å². The van der Waals surface area contributed by atoms with Crippen LogP contribution in [0, 0.1) is 5.41 Å². The van der Waals surface area contributed by atoms with Crippen molar-refractivity contribution in [3.8, 4) is 0 Å². The van der Waals surface area contributed by atoms with Gasteiger partial charge in [0.05, 0.1) is 18.6 Å². The summed E-state index contributed by atoms with van der Waals surface area (Å²) in [6.45, 7) is 2.52. The van der Waals surface area contributed by atoms with Gasteiger partial charge in [-0.15, -0.1) is 0 Å². The average molecular weight is 268 g/mol. The molecule has 106 valence electrons. The fourth-order valence-electron chi connectivity index (χ4n) is 1.78. The SMILES string of the molecule is CC1(C(=O)NCCCCC(F)(F)F)COCC1N. The van der Waals surface area contributed by atoms with Gasteiger partial charge in [-0.2, -0.15) is 13.2 Å². The number of halogens is 3. The average Bonchev–Trinajstić information content (AvgIpc) is 2.58. The summed E-state index contributed by atoms with van der Waals surface area (Å²) in [5.41, 5.74) is 4.99. The number of unbranched alkanes of at least 4 members (excludes halogenated alkanes) is 1. The first-order valence-electron chi connectivity index (χ1n) is 5.94. The molecule has 1 rings (SSSR count). The minimum absolute atomic E-state index is 0.0169. The molecular weight excluding hydrogens is 249 g/mol. The number of alkyl halides is 3. The normalized spacial score (nSPS) is 28.4. The van der Waals surface area contributed by atoms with Gasteiger partial charge >= 0.3 is 6.18 Å². The van der Waals surface area contributed by atoms with Crippen LogP contribution in [0.3, 0.4) is 0 Å². The minimum atomic E-state index is -4.13. The fraction of sp³-hybridized carbons (Fsp3) is 0.909. The van der Waals surface area contributed by atoms with Gasteiger partial charge in [0.25, 0.3) is 0 Å². The molecule has 0 radical (unpaired) electrons. The van der Waals surface area contributed by atoms with Crippen LogP contribution in [-0.2, 0) is 9.53 Å². The lowest BCUT2D eigenvalue weighted by atomic mass is 9.85. The molecule has 3 N–H and O–H groups in total. The number of nitrogens with two attached hydrogens (primary N) is 1. The van der Waals surface area contributed by atoms with Gasteiger partial charge in [0, 0.05) is 19.0 Å². The third-order valence-corrected chi connectivity index (χ3v) is 3.21. The van der Waals surface area contributed by atoms with E-state index in [4.69, 9.17) is 10.5 Å². The summed E-state index contributed by atoms with van der Waals surface area (Å²) < 4.78 is 40.8. The summed E-state index contributed by atoms with van der Waals surface area (Å²) in [7, 11) is 0. The van der Waals surface area contributed by atoms with Crippen molar-refractivity contribution in [3.63, 3.8) is 0 Å². The third kappa shape index (κ3) is 4.13. The first-order chi connectivity index (χ1) is 8.26. The number of carbonyl (C=O) groups is 1. The van der Waals surface area contributed by atoms with Crippen LogP contribution in [0.1, 0.15) is 26.2 Å². The Morgan fingerprint density at radius 3 is 2.67 bits per heavy atom. The van der Waals surface area contributed by atoms with E-state index in [1.165, 1.54) is 0 Å². The molecule has 0 bridgehead atoms. The van der Waals surface area contributed by atoms with E-state index in [1.807, 2.05) is 0 Å². The third-order valence-electron chi connectivity index (χ3n) is 3.21. The van der Waals surface area contributed by atoms with E-state index in [0.717, 1.165) is 0 Å². The summed E-state index contributed by atoms with van der Waals surface area (Å²) >= 11 is 0. The molecule has 0 aromatic carbocycles. The lowest BCUT2D eigenvalue weighted by Crippen LogP contribution is -2.50. The maximum atomic E-state index is 11.9. The van der Waals surface area contributed by atoms with E-state index in [1.54, 1.807) is 6.92 Å². The second-order valence-electron chi connectivity index (χ2n) is 4.87. The van der Waals surface area contributed by atoms with Crippen molar-refractivity contribution in [2.24, 2.45) is 11.1 Å². The van der Waals surface area contributed by atoms with E-state index in [0.29, 0.717) is 13.0 Å². The molecule has 0 aromatic rings. The van der Waals surface area contributed by atoms with Gasteiger partial charge in [-0.1, -0.05) is 0 Å². The van der Waals surface area contributed by atoms with Gasteiger partial charge in [-0.05, 0) is 19.8 Å². The molecule has 1 saturated heterocycles. The van der Waals surface area contributed by atoms with Gasteiger partial charge in [0.1, 0.15) is 0 Å². The molecule has 1 aliphatic heterocycles. The van der Waals surface area contributed by atoms with E-state index in [-0.39, 0.29) is 31.5 Å². The van der Waals surface area contributed by atoms with Crippen molar-refractivity contribution < 1.29 is 22.7 Å². The van der Waals surface area contributed by atoms with Crippen LogP contribution in [-0.4, -0.2) is 37.9 Å². The highest BCUT2D eigenvalue weighted by Gasteiger charge is 2.44. The zero-order chi connectivity index (χ0) is 13.8. The Bertz CT molecular complexity index is 297. The first-order valence-corrected chi connectivity index (χ1v) is 5.94. The predicted octanol–water partition coefficient (Wildman–Crippen LogP) is 1.20. The lowest BCUT2D eigenvalue weighted by molar-refractivity contribution is -0.135. The van der Waals surface area contributed by atoms with Crippen LogP contribution < -0.4 is 11.1 Å². The second-order valence-corrected chi connectivity index (χ2v) is 4.87. The zero-order valence-electron chi connectivity index (χ0n) is 10.3. The maximum Gasteiger partial charge on any atom is 0.389 e. The number of amides is 1. The molecular formula is C11H19F3N2O2. The van der Waals surface area contributed by atoms with Crippen molar-refractivity contribution in [1.82, 2.24) is 5.32 Å². The van der Waals surface area contributed by atoms with E-state index in [9.17, 15) is 18.0 Å². The molecule has 2 atom stereocenters. The van der Waals surface area contributed by atoms with Crippen molar-refractivity contribution in [2.75, 3.05) is 19.8 Å². The zero-order valence-corrected chi connectivity index (χ0v) is 10.3. The Balaban J connectivity index is 2.22. The minimum Gasteiger partial charge on any atom is -0.379 e. The Hall–Kier alpha value is -0.820. The summed E-state index contributed by atoms with van der Waals surface area (Å²) in [4.78, 5) is 11.8. The first kappa shape index (κ1) is 15.2. The quantitative estimate of drug-likeness (QED) is 0.736. The summed E-state index contributed by atoms with van der Waals surface area (Å²) in [5, 5.41) is 2.62. The molecule has 1 heterocycles. The fourth-order valence-corrected chi connectivity index (χ4v) is 1.78. The van der Waals surface area contributed by atoms with Crippen LogP contribution >= 0.6 is 0 Å². The van der Waals surface area contributed by atoms with Gasteiger partial charge in [0.15, 0.2) is 0 Å². The molecule has 18 heavy (non-hydrogen) atoms. The Labute approximate surface area is 104 Å². The molecule has 1 fully saturated rings. The molecule has 0 aliphatic carbocycles. The molecule has 1 amide bonds. The van der Waals surface area contributed by atoms with Gasteiger partial charge in [-0.3, -0.25) is 4.79 Å². The van der Waals surface area contributed by atoms with Crippen molar-refractivity contribution >= 4 is 5.91 Å². The molecule has 0 spiro atoms. The number of rotatable bonds is 5. The number of hydrogen-bond acceptors (Lipinski definition) is 3. The Morgan fingerprint density at radius 1 is 1.50 bits per heavy atom. The summed E-state index contributed by atoms with van der Waals surface area (Å²) in [5.74, 6) is -0.250. The van der Waals surface area contributed by atoms with Crippen LogP contribution in [0.4, 0.5) is 13.2 Å². The van der Waals surface area contributed by atoms with Crippen LogP contribution in [0.2, 0.25) is 0 Å². The number of ether oxygens (including phenoxy) is 1. The molecule has 1 aliphatic rings. The smallest absolute Gasteiger partial charge is 0.379 e. The molecule has 4 nitrogen and oxygen atoms in total. The largest absolute Gasteiger partial charge is 0.389 e. The van der Waals surface area contributed by atoms with E-state index >= 15 is 0 Å². The topological polar surface area (TPSA) is 64.3 Å². The Kier molecular flexibility index (Phi) is 4.98. The van der Waals surface area contributed by atoms with Gasteiger partial charge in [-0.25, -0.2) is 0 Å². The highest BCUT2D eigenvalue weighted by atomic mass is 19.4. The molecule has 0 aromatic heterocycles. The van der Waals surface area contributed by atoms with Crippen molar-refractivity contribution in [3.05, 3.63) is 0 Å². The lowest BCUT2D eigenvalue weighted by Gasteiger charge is -2.25. The molecule has 0 saturated carbocycles. The predicted molar refractivity (Wildman–Crippen MR) is 59.8 cm³/mol. The second kappa shape index (κ2) is 5.88. The Morgan fingerprint density at radius 2 is 2.17 bits per heavy atom. The molecule has 2 unspecified atom stereocenters. The standard InChI is InChI=1S/C11H19F3N2O2/c1-10(7-18-6-8(10)15)9(17)16-5-3-2-4-11(12,13)14/h8H,2-7,15H2,1H3,(H,16,17). The van der Waals surface area contributed by atoms with Crippen LogP contribution in [0.5, 0.6) is 0 Å². The molecule has 7 heteroatoms. The summed E-state index contributed by atoms with van der Waals surface area (Å²) in [6.07, 6.45) is -4.62. The van der Waals surface area contributed by atoms with Crippen LogP contribution in [0.25, 0.3) is 0 Å². The maximum absolute atomic E-state index is 11.9. The number of carbonyl (C=O) groups excluding carboxylic acids is 1. The van der Waals surface area contributed by atoms with Gasteiger partial charge < -0.3 is 15.8 Å². The highest BCUT2D eigenvalue weighted by Crippen LogP contribution is 2.27. The van der Waals surface area contributed by atoms with E-state index in [2.05, 4.69) is 5.32 Å². The van der Waals surface area contributed by atoms with Gasteiger partial charge in [0.2, 0.25) is 5.91 Å². The summed E-state index contributed by atoms with van der Waals surface area (Å²) in [6, 6.07) is -0.368.